The molecule has 1 atom stereocenters. The summed E-state index contributed by atoms with van der Waals surface area (Å²) in [5.41, 5.74) is 2.22. The van der Waals surface area contributed by atoms with Crippen LogP contribution in [0.25, 0.3) is 22.6 Å². The Labute approximate surface area is 150 Å². The fourth-order valence-electron chi connectivity index (χ4n) is 2.26. The van der Waals surface area contributed by atoms with Crippen LogP contribution >= 0.6 is 23.2 Å². The summed E-state index contributed by atoms with van der Waals surface area (Å²) in [7, 11) is 3.85. The van der Waals surface area contributed by atoms with Crippen molar-refractivity contribution >= 4 is 23.2 Å². The minimum Gasteiger partial charge on any atom is -0.345 e. The fourth-order valence-corrected chi connectivity index (χ4v) is 2.76. The molecule has 2 aromatic heterocycles. The summed E-state index contributed by atoms with van der Waals surface area (Å²) in [4.78, 5) is 18.5. The van der Waals surface area contributed by atoms with Crippen LogP contribution < -0.4 is 0 Å². The van der Waals surface area contributed by atoms with Gasteiger partial charge in [0.05, 0.1) is 22.3 Å². The lowest BCUT2D eigenvalue weighted by atomic mass is 10.1. The van der Waals surface area contributed by atoms with Crippen LogP contribution in [0.2, 0.25) is 10.0 Å². The number of halogens is 2. The van der Waals surface area contributed by atoms with Crippen LogP contribution in [0, 0.1) is 6.92 Å². The van der Waals surface area contributed by atoms with Crippen molar-refractivity contribution in [2.75, 3.05) is 14.1 Å². The smallest absolute Gasteiger partial charge is 0.146 e. The molecule has 0 aliphatic carbocycles. The molecule has 0 aliphatic rings. The Hall–Kier alpha value is -1.95. The fraction of sp³-hybridized carbons (Fsp3) is 0.176. The molecule has 0 saturated carbocycles. The lowest BCUT2D eigenvalue weighted by Crippen LogP contribution is -2.19. The zero-order valence-corrected chi connectivity index (χ0v) is 14.8. The average molecular weight is 361 g/mol. The lowest BCUT2D eigenvalue weighted by Gasteiger charge is -2.19. The van der Waals surface area contributed by atoms with Crippen molar-refractivity contribution in [2.45, 2.75) is 6.04 Å². The second-order valence-electron chi connectivity index (χ2n) is 5.53. The Morgan fingerprint density at radius 2 is 1.96 bits per heavy atom. The Balaban J connectivity index is 2.21. The second kappa shape index (κ2) is 6.89. The van der Waals surface area contributed by atoms with E-state index in [1.54, 1.807) is 30.7 Å². The number of H-pyrrole nitrogens is 1. The summed E-state index contributed by atoms with van der Waals surface area (Å²) >= 11 is 12.4. The summed E-state index contributed by atoms with van der Waals surface area (Å²) in [6.45, 7) is 4.09. The van der Waals surface area contributed by atoms with E-state index in [1.165, 1.54) is 0 Å². The first-order chi connectivity index (χ1) is 11.5. The van der Waals surface area contributed by atoms with Gasteiger partial charge in [0, 0.05) is 29.2 Å². The van der Waals surface area contributed by atoms with E-state index < -0.39 is 0 Å². The molecule has 1 unspecified atom stereocenters. The summed E-state index contributed by atoms with van der Waals surface area (Å²) < 4.78 is 0. The molecule has 0 bridgehead atoms. The minimum absolute atomic E-state index is 0.180. The maximum Gasteiger partial charge on any atom is 0.146 e. The molecule has 123 valence electrons. The van der Waals surface area contributed by atoms with Gasteiger partial charge in [-0.25, -0.2) is 15.0 Å². The van der Waals surface area contributed by atoms with E-state index >= 15 is 0 Å². The predicted octanol–water partition coefficient (Wildman–Crippen LogP) is 4.28. The zero-order chi connectivity index (χ0) is 17.3. The number of benzene rings is 1. The van der Waals surface area contributed by atoms with Crippen LogP contribution in [-0.2, 0) is 0 Å². The molecule has 0 aliphatic heterocycles. The molecular formula is C17H16Cl2N5. The standard InChI is InChI=1S/C17H16Cl2N5/c1-10(24(2)3)16-22-9-13(17-20-6-7-21-17)15(23-16)12-5-4-11(18)8-14(12)19/h4-10H,1H2,2-3H3,(H,20,21). The highest BCUT2D eigenvalue weighted by molar-refractivity contribution is 6.36. The normalized spacial score (nSPS) is 12.6. The summed E-state index contributed by atoms with van der Waals surface area (Å²) in [6, 6.07) is 5.14. The Kier molecular flexibility index (Phi) is 4.85. The highest BCUT2D eigenvalue weighted by Crippen LogP contribution is 2.35. The molecular weight excluding hydrogens is 345 g/mol. The molecule has 0 amide bonds. The number of nitrogens with one attached hydrogen (secondary N) is 1. The van der Waals surface area contributed by atoms with Crippen LogP contribution in [0.15, 0.2) is 36.8 Å². The molecule has 7 heteroatoms. The van der Waals surface area contributed by atoms with Crippen molar-refractivity contribution in [2.24, 2.45) is 0 Å². The number of aromatic amines is 1. The van der Waals surface area contributed by atoms with E-state index in [9.17, 15) is 0 Å². The van der Waals surface area contributed by atoms with Crippen LogP contribution in [0.5, 0.6) is 0 Å². The topological polar surface area (TPSA) is 57.7 Å². The molecule has 3 rings (SSSR count). The zero-order valence-electron chi connectivity index (χ0n) is 13.3. The van der Waals surface area contributed by atoms with Crippen LogP contribution in [0.4, 0.5) is 0 Å². The van der Waals surface area contributed by atoms with Gasteiger partial charge in [0.2, 0.25) is 0 Å². The Bertz CT molecular complexity index is 846. The van der Waals surface area contributed by atoms with E-state index in [4.69, 9.17) is 28.2 Å². The van der Waals surface area contributed by atoms with Crippen molar-refractivity contribution < 1.29 is 0 Å². The van der Waals surface area contributed by atoms with Gasteiger partial charge in [0.25, 0.3) is 0 Å². The summed E-state index contributed by atoms with van der Waals surface area (Å²) in [5.74, 6) is 1.28. The van der Waals surface area contributed by atoms with Gasteiger partial charge in [-0.05, 0) is 39.2 Å². The first kappa shape index (κ1) is 16.9. The first-order valence-electron chi connectivity index (χ1n) is 7.29. The van der Waals surface area contributed by atoms with Gasteiger partial charge >= 0.3 is 0 Å². The number of nitrogens with zero attached hydrogens (tertiary/aromatic N) is 4. The van der Waals surface area contributed by atoms with Crippen LogP contribution in [-0.4, -0.2) is 38.9 Å². The highest BCUT2D eigenvalue weighted by Gasteiger charge is 2.19. The van der Waals surface area contributed by atoms with Crippen molar-refractivity contribution in [1.82, 2.24) is 24.8 Å². The van der Waals surface area contributed by atoms with Crippen LogP contribution in [0.3, 0.4) is 0 Å². The second-order valence-corrected chi connectivity index (χ2v) is 6.38. The van der Waals surface area contributed by atoms with Gasteiger partial charge in [-0.2, -0.15) is 0 Å². The lowest BCUT2D eigenvalue weighted by molar-refractivity contribution is 0.336. The molecule has 24 heavy (non-hydrogen) atoms. The first-order valence-corrected chi connectivity index (χ1v) is 8.04. The SMILES string of the molecule is [CH2]C(c1ncc(-c2ncc[nH]2)c(-c2ccc(Cl)cc2Cl)n1)N(C)C. The molecule has 1 aromatic carbocycles. The van der Waals surface area contributed by atoms with Gasteiger partial charge in [-0.1, -0.05) is 23.2 Å². The average Bonchev–Trinajstić information content (AvgIpc) is 3.08. The summed E-state index contributed by atoms with van der Waals surface area (Å²) in [5, 5.41) is 1.09. The van der Waals surface area contributed by atoms with Gasteiger partial charge in [0.15, 0.2) is 0 Å². The molecule has 1 N–H and O–H groups in total. The monoisotopic (exact) mass is 360 g/mol. The largest absolute Gasteiger partial charge is 0.345 e. The Morgan fingerprint density at radius 3 is 2.58 bits per heavy atom. The number of hydrogen-bond acceptors (Lipinski definition) is 4. The van der Waals surface area contributed by atoms with Gasteiger partial charge in [0.1, 0.15) is 11.6 Å². The van der Waals surface area contributed by atoms with Gasteiger partial charge in [-0.3, -0.25) is 4.90 Å². The van der Waals surface area contributed by atoms with Gasteiger partial charge in [-0.15, -0.1) is 0 Å². The molecule has 0 fully saturated rings. The maximum atomic E-state index is 6.39. The molecule has 5 nitrogen and oxygen atoms in total. The van der Waals surface area contributed by atoms with E-state index in [1.807, 2.05) is 25.1 Å². The third-order valence-electron chi connectivity index (χ3n) is 3.67. The third-order valence-corrected chi connectivity index (χ3v) is 4.22. The van der Waals surface area contributed by atoms with Crippen molar-refractivity contribution in [3.8, 4) is 22.6 Å². The number of hydrogen-bond donors (Lipinski definition) is 1. The van der Waals surface area contributed by atoms with E-state index in [2.05, 4.69) is 21.9 Å². The highest BCUT2D eigenvalue weighted by atomic mass is 35.5. The Morgan fingerprint density at radius 1 is 1.17 bits per heavy atom. The van der Waals surface area contributed by atoms with E-state index in [-0.39, 0.29) is 6.04 Å². The third kappa shape index (κ3) is 3.29. The number of aromatic nitrogens is 4. The predicted molar refractivity (Wildman–Crippen MR) is 96.9 cm³/mol. The maximum absolute atomic E-state index is 6.39. The number of rotatable bonds is 4. The van der Waals surface area contributed by atoms with Crippen molar-refractivity contribution in [3.05, 3.63) is 59.6 Å². The molecule has 1 radical (unpaired) electrons. The molecule has 2 heterocycles. The quantitative estimate of drug-likeness (QED) is 0.754. The van der Waals surface area contributed by atoms with E-state index in [0.29, 0.717) is 27.4 Å². The van der Waals surface area contributed by atoms with Crippen molar-refractivity contribution in [1.29, 1.82) is 0 Å². The van der Waals surface area contributed by atoms with Crippen LogP contribution in [0.1, 0.15) is 11.9 Å². The number of imidazole rings is 1. The minimum atomic E-state index is -0.180. The van der Waals surface area contributed by atoms with E-state index in [0.717, 1.165) is 11.1 Å². The molecule has 0 spiro atoms. The van der Waals surface area contributed by atoms with Gasteiger partial charge < -0.3 is 4.98 Å². The van der Waals surface area contributed by atoms with Crippen molar-refractivity contribution in [3.63, 3.8) is 0 Å². The molecule has 3 aromatic rings. The molecule has 0 saturated heterocycles. The summed E-state index contributed by atoms with van der Waals surface area (Å²) in [6.07, 6.45) is 5.17.